The van der Waals surface area contributed by atoms with E-state index in [0.717, 1.165) is 6.07 Å². The highest BCUT2D eigenvalue weighted by Crippen LogP contribution is 2.29. The molecule has 9 heteroatoms. The Morgan fingerprint density at radius 1 is 0.912 bits per heavy atom. The van der Waals surface area contributed by atoms with Crippen LogP contribution in [0.3, 0.4) is 0 Å². The maximum atomic E-state index is 13.5. The quantitative estimate of drug-likeness (QED) is 0.424. The summed E-state index contributed by atoms with van der Waals surface area (Å²) < 4.78 is 33.5. The molecule has 4 rings (SSSR count). The summed E-state index contributed by atoms with van der Waals surface area (Å²) in [5.41, 5.74) is 2.34. The van der Waals surface area contributed by atoms with Crippen molar-refractivity contribution in [2.75, 3.05) is 17.7 Å². The minimum absolute atomic E-state index is 0.139. The molecule has 0 aliphatic carbocycles. The van der Waals surface area contributed by atoms with Crippen LogP contribution in [0.1, 0.15) is 26.4 Å². The fourth-order valence-electron chi connectivity index (χ4n) is 3.38. The standard InChI is InChI=1S/C25H20F2N4O3/c1-15-21(14-28-31(15)20-9-6-17(26)7-10-20)25(33)29-19-8-11-23(34-2)22(13-19)30-24(32)16-4-3-5-18(27)12-16/h3-14H,1-2H3,(H,29,33)(H,30,32). The third-order valence-electron chi connectivity index (χ3n) is 5.12. The van der Waals surface area contributed by atoms with Crippen LogP contribution >= 0.6 is 0 Å². The zero-order valence-electron chi connectivity index (χ0n) is 18.3. The van der Waals surface area contributed by atoms with E-state index < -0.39 is 17.6 Å². The van der Waals surface area contributed by atoms with E-state index in [4.69, 9.17) is 4.74 Å². The molecule has 0 spiro atoms. The molecule has 0 aliphatic heterocycles. The van der Waals surface area contributed by atoms with Crippen molar-refractivity contribution in [2.45, 2.75) is 6.92 Å². The van der Waals surface area contributed by atoms with E-state index in [0.29, 0.717) is 34.1 Å². The molecule has 0 saturated heterocycles. The molecule has 1 heterocycles. The number of rotatable bonds is 6. The van der Waals surface area contributed by atoms with Crippen LogP contribution in [-0.4, -0.2) is 28.7 Å². The molecule has 172 valence electrons. The highest BCUT2D eigenvalue weighted by atomic mass is 19.1. The van der Waals surface area contributed by atoms with E-state index in [1.165, 1.54) is 54.4 Å². The van der Waals surface area contributed by atoms with Crippen molar-refractivity contribution in [2.24, 2.45) is 0 Å². The second-order valence-electron chi connectivity index (χ2n) is 7.37. The van der Waals surface area contributed by atoms with Gasteiger partial charge in [0.05, 0.1) is 35.9 Å². The first-order chi connectivity index (χ1) is 16.4. The van der Waals surface area contributed by atoms with Gasteiger partial charge in [-0.3, -0.25) is 9.59 Å². The monoisotopic (exact) mass is 462 g/mol. The number of amides is 2. The van der Waals surface area contributed by atoms with E-state index >= 15 is 0 Å². The predicted molar refractivity (Wildman–Crippen MR) is 124 cm³/mol. The fourth-order valence-corrected chi connectivity index (χ4v) is 3.38. The molecule has 7 nitrogen and oxygen atoms in total. The lowest BCUT2D eigenvalue weighted by atomic mass is 10.2. The van der Waals surface area contributed by atoms with E-state index in [-0.39, 0.29) is 11.4 Å². The second kappa shape index (κ2) is 9.53. The average Bonchev–Trinajstić information content (AvgIpc) is 3.21. The first-order valence-electron chi connectivity index (χ1n) is 10.2. The van der Waals surface area contributed by atoms with Gasteiger partial charge >= 0.3 is 0 Å². The summed E-state index contributed by atoms with van der Waals surface area (Å²) in [5.74, 6) is -1.48. The van der Waals surface area contributed by atoms with Crippen LogP contribution in [0.15, 0.2) is 72.9 Å². The van der Waals surface area contributed by atoms with Crippen LogP contribution in [0.25, 0.3) is 5.69 Å². The Bertz CT molecular complexity index is 1370. The molecular weight excluding hydrogens is 442 g/mol. The van der Waals surface area contributed by atoms with Gasteiger partial charge in [0.15, 0.2) is 0 Å². The zero-order chi connectivity index (χ0) is 24.2. The van der Waals surface area contributed by atoms with Crippen molar-refractivity contribution in [1.82, 2.24) is 9.78 Å². The summed E-state index contributed by atoms with van der Waals surface area (Å²) in [6.07, 6.45) is 1.42. The van der Waals surface area contributed by atoms with Gasteiger partial charge in [0.25, 0.3) is 11.8 Å². The van der Waals surface area contributed by atoms with Crippen molar-refractivity contribution in [3.05, 3.63) is 101 Å². The lowest BCUT2D eigenvalue weighted by Crippen LogP contribution is -2.15. The van der Waals surface area contributed by atoms with E-state index in [1.54, 1.807) is 31.2 Å². The number of hydrogen-bond acceptors (Lipinski definition) is 4. The van der Waals surface area contributed by atoms with Gasteiger partial charge in [-0.15, -0.1) is 0 Å². The third-order valence-corrected chi connectivity index (χ3v) is 5.12. The smallest absolute Gasteiger partial charge is 0.259 e. The van der Waals surface area contributed by atoms with Gasteiger partial charge < -0.3 is 15.4 Å². The molecule has 1 aromatic heterocycles. The number of halogens is 2. The molecular formula is C25H20F2N4O3. The largest absolute Gasteiger partial charge is 0.495 e. The van der Waals surface area contributed by atoms with Crippen molar-refractivity contribution < 1.29 is 23.1 Å². The van der Waals surface area contributed by atoms with Gasteiger partial charge in [-0.2, -0.15) is 5.10 Å². The Morgan fingerprint density at radius 3 is 2.38 bits per heavy atom. The SMILES string of the molecule is COc1ccc(NC(=O)c2cnn(-c3ccc(F)cc3)c2C)cc1NC(=O)c1cccc(F)c1. The molecule has 3 aromatic carbocycles. The molecule has 0 atom stereocenters. The number of hydrogen-bond donors (Lipinski definition) is 2. The number of ether oxygens (including phenoxy) is 1. The molecule has 0 saturated carbocycles. The summed E-state index contributed by atoms with van der Waals surface area (Å²) >= 11 is 0. The van der Waals surface area contributed by atoms with E-state index in [2.05, 4.69) is 15.7 Å². The Balaban J connectivity index is 1.55. The van der Waals surface area contributed by atoms with Gasteiger partial charge in [-0.05, 0) is 67.6 Å². The summed E-state index contributed by atoms with van der Waals surface area (Å²) in [7, 11) is 1.44. The third kappa shape index (κ3) is 4.78. The summed E-state index contributed by atoms with van der Waals surface area (Å²) in [4.78, 5) is 25.4. The Kier molecular flexibility index (Phi) is 6.35. The van der Waals surface area contributed by atoms with Crippen molar-refractivity contribution in [3.63, 3.8) is 0 Å². The van der Waals surface area contributed by atoms with Crippen molar-refractivity contribution in [1.29, 1.82) is 0 Å². The van der Waals surface area contributed by atoms with Gasteiger partial charge in [0.1, 0.15) is 17.4 Å². The zero-order valence-corrected chi connectivity index (χ0v) is 18.3. The minimum Gasteiger partial charge on any atom is -0.495 e. The maximum absolute atomic E-state index is 13.5. The number of aromatic nitrogens is 2. The molecule has 34 heavy (non-hydrogen) atoms. The average molecular weight is 462 g/mol. The number of carbonyl (C=O) groups is 2. The fraction of sp³-hybridized carbons (Fsp3) is 0.0800. The van der Waals surface area contributed by atoms with Crippen LogP contribution in [0.2, 0.25) is 0 Å². The number of carbonyl (C=O) groups excluding carboxylic acids is 2. The molecule has 0 unspecified atom stereocenters. The van der Waals surface area contributed by atoms with Crippen molar-refractivity contribution >= 4 is 23.2 Å². The van der Waals surface area contributed by atoms with Gasteiger partial charge in [-0.25, -0.2) is 13.5 Å². The van der Waals surface area contributed by atoms with Crippen molar-refractivity contribution in [3.8, 4) is 11.4 Å². The molecule has 0 fully saturated rings. The molecule has 2 N–H and O–H groups in total. The Morgan fingerprint density at radius 2 is 1.68 bits per heavy atom. The van der Waals surface area contributed by atoms with Crippen LogP contribution in [0, 0.1) is 18.6 Å². The Hall–Kier alpha value is -4.53. The van der Waals surface area contributed by atoms with Gasteiger partial charge in [-0.1, -0.05) is 6.07 Å². The summed E-state index contributed by atoms with van der Waals surface area (Å²) in [5, 5.41) is 9.67. The molecule has 4 aromatic rings. The number of nitrogens with one attached hydrogen (secondary N) is 2. The first-order valence-corrected chi connectivity index (χ1v) is 10.2. The number of benzene rings is 3. The summed E-state index contributed by atoms with van der Waals surface area (Å²) in [6, 6.07) is 15.8. The topological polar surface area (TPSA) is 85.2 Å². The second-order valence-corrected chi connectivity index (χ2v) is 7.37. The highest BCUT2D eigenvalue weighted by Gasteiger charge is 2.17. The lowest BCUT2D eigenvalue weighted by molar-refractivity contribution is 0.101. The summed E-state index contributed by atoms with van der Waals surface area (Å²) in [6.45, 7) is 1.73. The molecule has 0 radical (unpaired) electrons. The van der Waals surface area contributed by atoms with Crippen LogP contribution < -0.4 is 15.4 Å². The van der Waals surface area contributed by atoms with E-state index in [1.807, 2.05) is 0 Å². The molecule has 2 amide bonds. The maximum Gasteiger partial charge on any atom is 0.259 e. The normalized spacial score (nSPS) is 10.6. The van der Waals surface area contributed by atoms with Gasteiger partial charge in [0.2, 0.25) is 0 Å². The van der Waals surface area contributed by atoms with E-state index in [9.17, 15) is 18.4 Å². The van der Waals surface area contributed by atoms with Gasteiger partial charge in [0, 0.05) is 11.3 Å². The van der Waals surface area contributed by atoms with Crippen LogP contribution in [0.4, 0.5) is 20.2 Å². The first kappa shape index (κ1) is 22.7. The number of methoxy groups -OCH3 is 1. The van der Waals surface area contributed by atoms with Crippen LogP contribution in [-0.2, 0) is 0 Å². The number of anilines is 2. The lowest BCUT2D eigenvalue weighted by Gasteiger charge is -2.13. The predicted octanol–water partition coefficient (Wildman–Crippen LogP) is 4.97. The minimum atomic E-state index is -0.530. The molecule has 0 aliphatic rings. The highest BCUT2D eigenvalue weighted by molar-refractivity contribution is 6.07. The number of nitrogens with zero attached hydrogens (tertiary/aromatic N) is 2. The Labute approximate surface area is 194 Å². The molecule has 0 bridgehead atoms. The van der Waals surface area contributed by atoms with Crippen LogP contribution in [0.5, 0.6) is 5.75 Å².